The van der Waals surface area contributed by atoms with Crippen LogP contribution in [0.4, 0.5) is 0 Å². The summed E-state index contributed by atoms with van der Waals surface area (Å²) in [6, 6.07) is 0. The number of rotatable bonds is 1. The summed E-state index contributed by atoms with van der Waals surface area (Å²) in [6.45, 7) is 5.72. The molecule has 0 N–H and O–H groups in total. The molecular formula is C10H17O2. The molecule has 0 aromatic rings. The molecule has 1 unspecified atom stereocenters. The Labute approximate surface area is 74.3 Å². The first-order valence-electron chi connectivity index (χ1n) is 4.53. The van der Waals surface area contributed by atoms with E-state index in [9.17, 15) is 4.79 Å². The van der Waals surface area contributed by atoms with Gasteiger partial charge in [0, 0.05) is 0 Å². The molecule has 0 heterocycles. The first-order chi connectivity index (χ1) is 5.49. The van der Waals surface area contributed by atoms with Crippen LogP contribution in [0.2, 0.25) is 0 Å². The zero-order valence-electron chi connectivity index (χ0n) is 8.09. The average molecular weight is 169 g/mol. The Morgan fingerprint density at radius 2 is 2.17 bits per heavy atom. The third-order valence-electron chi connectivity index (χ3n) is 1.91. The highest BCUT2D eigenvalue weighted by Crippen LogP contribution is 2.26. The van der Waals surface area contributed by atoms with Gasteiger partial charge < -0.3 is 4.74 Å². The smallest absolute Gasteiger partial charge is 0.309 e. The minimum atomic E-state index is -0.334. The van der Waals surface area contributed by atoms with Gasteiger partial charge in [0.1, 0.15) is 5.60 Å². The van der Waals surface area contributed by atoms with Crippen LogP contribution in [0.5, 0.6) is 0 Å². The van der Waals surface area contributed by atoms with Crippen LogP contribution >= 0.6 is 0 Å². The summed E-state index contributed by atoms with van der Waals surface area (Å²) in [6.07, 6.45) is 5.09. The minimum Gasteiger partial charge on any atom is -0.460 e. The second-order valence-electron chi connectivity index (χ2n) is 4.33. The number of carbonyl (C=O) groups is 1. The van der Waals surface area contributed by atoms with Gasteiger partial charge in [-0.25, -0.2) is 0 Å². The van der Waals surface area contributed by atoms with Crippen LogP contribution in [0, 0.1) is 12.3 Å². The fourth-order valence-electron chi connectivity index (χ4n) is 1.36. The number of esters is 1. The van der Waals surface area contributed by atoms with Gasteiger partial charge in [-0.05, 0) is 46.5 Å². The standard InChI is InChI=1S/C10H17O2/c1-10(2,3)12-9(11)8-6-4-5-7-8/h4,8H,5-7H2,1-3H3. The summed E-state index contributed by atoms with van der Waals surface area (Å²) >= 11 is 0. The lowest BCUT2D eigenvalue weighted by molar-refractivity contribution is -0.159. The highest BCUT2D eigenvalue weighted by atomic mass is 16.6. The van der Waals surface area contributed by atoms with Crippen molar-refractivity contribution in [3.8, 4) is 0 Å². The van der Waals surface area contributed by atoms with Crippen molar-refractivity contribution >= 4 is 5.97 Å². The van der Waals surface area contributed by atoms with Gasteiger partial charge in [0.05, 0.1) is 5.92 Å². The number of carbonyl (C=O) groups excluding carboxylic acids is 1. The van der Waals surface area contributed by atoms with Crippen molar-refractivity contribution in [2.24, 2.45) is 5.92 Å². The predicted molar refractivity (Wildman–Crippen MR) is 47.5 cm³/mol. The highest BCUT2D eigenvalue weighted by molar-refractivity contribution is 5.73. The van der Waals surface area contributed by atoms with Crippen molar-refractivity contribution < 1.29 is 9.53 Å². The lowest BCUT2D eigenvalue weighted by Gasteiger charge is -2.21. The molecular weight excluding hydrogens is 152 g/mol. The topological polar surface area (TPSA) is 26.3 Å². The normalized spacial score (nSPS) is 19.6. The summed E-state index contributed by atoms with van der Waals surface area (Å²) in [7, 11) is 0. The molecule has 12 heavy (non-hydrogen) atoms. The van der Waals surface area contributed by atoms with Gasteiger partial charge in [0.2, 0.25) is 0 Å². The molecule has 0 bridgehead atoms. The van der Waals surface area contributed by atoms with Crippen LogP contribution in [0.25, 0.3) is 0 Å². The molecule has 0 amide bonds. The molecule has 1 saturated carbocycles. The second-order valence-corrected chi connectivity index (χ2v) is 4.33. The molecule has 1 aliphatic carbocycles. The molecule has 2 nitrogen and oxygen atoms in total. The van der Waals surface area contributed by atoms with Crippen LogP contribution < -0.4 is 0 Å². The van der Waals surface area contributed by atoms with Crippen molar-refractivity contribution in [1.82, 2.24) is 0 Å². The van der Waals surface area contributed by atoms with Crippen molar-refractivity contribution in [3.05, 3.63) is 6.42 Å². The molecule has 0 saturated heterocycles. The quantitative estimate of drug-likeness (QED) is 0.563. The van der Waals surface area contributed by atoms with Gasteiger partial charge in [0.15, 0.2) is 0 Å². The molecule has 0 aromatic heterocycles. The van der Waals surface area contributed by atoms with E-state index in [1.54, 1.807) is 0 Å². The third kappa shape index (κ3) is 2.84. The Morgan fingerprint density at radius 1 is 1.50 bits per heavy atom. The molecule has 69 valence electrons. The Morgan fingerprint density at radius 3 is 2.58 bits per heavy atom. The van der Waals surface area contributed by atoms with Crippen molar-refractivity contribution in [3.63, 3.8) is 0 Å². The number of hydrogen-bond acceptors (Lipinski definition) is 2. The van der Waals surface area contributed by atoms with E-state index < -0.39 is 0 Å². The second kappa shape index (κ2) is 3.46. The van der Waals surface area contributed by atoms with Gasteiger partial charge in [-0.3, -0.25) is 4.79 Å². The van der Waals surface area contributed by atoms with E-state index in [0.29, 0.717) is 0 Å². The maximum atomic E-state index is 11.4. The summed E-state index contributed by atoms with van der Waals surface area (Å²) in [5.74, 6) is 0.0977. The Balaban J connectivity index is 2.37. The van der Waals surface area contributed by atoms with Gasteiger partial charge >= 0.3 is 5.97 Å². The average Bonchev–Trinajstić information content (AvgIpc) is 2.32. The molecule has 0 aliphatic heterocycles. The summed E-state index contributed by atoms with van der Waals surface area (Å²) in [5, 5.41) is 0. The van der Waals surface area contributed by atoms with Crippen molar-refractivity contribution in [1.29, 1.82) is 0 Å². The fraction of sp³-hybridized carbons (Fsp3) is 0.800. The Bertz CT molecular complexity index is 161. The van der Waals surface area contributed by atoms with Crippen LogP contribution in [0.1, 0.15) is 40.0 Å². The first-order valence-corrected chi connectivity index (χ1v) is 4.53. The van der Waals surface area contributed by atoms with E-state index in [0.717, 1.165) is 19.3 Å². The van der Waals surface area contributed by atoms with E-state index in [1.807, 2.05) is 20.8 Å². The molecule has 0 spiro atoms. The molecule has 1 atom stereocenters. The molecule has 1 aliphatic rings. The molecule has 1 fully saturated rings. The van der Waals surface area contributed by atoms with E-state index in [2.05, 4.69) is 6.42 Å². The van der Waals surface area contributed by atoms with Crippen LogP contribution in [-0.2, 0) is 9.53 Å². The van der Waals surface area contributed by atoms with Gasteiger partial charge in [-0.15, -0.1) is 0 Å². The van der Waals surface area contributed by atoms with Gasteiger partial charge in [-0.2, -0.15) is 0 Å². The van der Waals surface area contributed by atoms with Crippen molar-refractivity contribution in [2.75, 3.05) is 0 Å². The predicted octanol–water partition coefficient (Wildman–Crippen LogP) is 2.33. The number of hydrogen-bond donors (Lipinski definition) is 0. The van der Waals surface area contributed by atoms with Gasteiger partial charge in [-0.1, -0.05) is 0 Å². The Kier molecular flexibility index (Phi) is 2.76. The SMILES string of the molecule is CC(C)(C)OC(=O)C1C[CH]CC1. The van der Waals surface area contributed by atoms with Crippen LogP contribution in [0.15, 0.2) is 0 Å². The maximum Gasteiger partial charge on any atom is 0.309 e. The number of ether oxygens (including phenoxy) is 1. The summed E-state index contributed by atoms with van der Waals surface area (Å²) < 4.78 is 5.26. The van der Waals surface area contributed by atoms with E-state index in [-0.39, 0.29) is 17.5 Å². The minimum absolute atomic E-state index is 0.0312. The lowest BCUT2D eigenvalue weighted by atomic mass is 10.1. The monoisotopic (exact) mass is 169 g/mol. The fourth-order valence-corrected chi connectivity index (χ4v) is 1.36. The van der Waals surface area contributed by atoms with Crippen LogP contribution in [-0.4, -0.2) is 11.6 Å². The largest absolute Gasteiger partial charge is 0.460 e. The summed E-state index contributed by atoms with van der Waals surface area (Å²) in [5.41, 5.74) is -0.334. The highest BCUT2D eigenvalue weighted by Gasteiger charge is 2.27. The first kappa shape index (κ1) is 9.56. The zero-order valence-corrected chi connectivity index (χ0v) is 8.09. The molecule has 1 rings (SSSR count). The van der Waals surface area contributed by atoms with Gasteiger partial charge in [0.25, 0.3) is 0 Å². The molecule has 2 heteroatoms. The summed E-state index contributed by atoms with van der Waals surface area (Å²) in [4.78, 5) is 11.4. The lowest BCUT2D eigenvalue weighted by Crippen LogP contribution is -2.27. The molecule has 0 aromatic carbocycles. The molecule has 1 radical (unpaired) electrons. The maximum absolute atomic E-state index is 11.4. The van der Waals surface area contributed by atoms with E-state index >= 15 is 0 Å². The van der Waals surface area contributed by atoms with Crippen molar-refractivity contribution in [2.45, 2.75) is 45.6 Å². The Hall–Kier alpha value is -0.530. The zero-order chi connectivity index (χ0) is 9.19. The van der Waals surface area contributed by atoms with E-state index in [4.69, 9.17) is 4.74 Å². The third-order valence-corrected chi connectivity index (χ3v) is 1.91. The van der Waals surface area contributed by atoms with E-state index in [1.165, 1.54) is 0 Å². The van der Waals surface area contributed by atoms with Crippen LogP contribution in [0.3, 0.4) is 0 Å².